The Morgan fingerprint density at radius 1 is 0.651 bits per heavy atom. The lowest BCUT2D eigenvalue weighted by atomic mass is 10.00. The van der Waals surface area contributed by atoms with Crippen LogP contribution in [0.3, 0.4) is 0 Å². The van der Waals surface area contributed by atoms with E-state index in [1.165, 1.54) is 133 Å². The number of Topliss-reactive ketones (excluding diaryl/α,β-unsaturated/α-hetero) is 1. The SMILES string of the molecule is CCCCCCCCCCCCCCCC[n+]1cccc(CCCCCCCCCC(=O)c2cccc(C(=O)[O-])c2O)c1. The van der Waals surface area contributed by atoms with Crippen molar-refractivity contribution in [2.45, 2.75) is 161 Å². The van der Waals surface area contributed by atoms with Gasteiger partial charge in [0.05, 0.1) is 11.5 Å². The molecule has 0 atom stereocenters. The van der Waals surface area contributed by atoms with E-state index in [9.17, 15) is 19.8 Å². The summed E-state index contributed by atoms with van der Waals surface area (Å²) in [5.41, 5.74) is 1.17. The van der Waals surface area contributed by atoms with Gasteiger partial charge in [-0.15, -0.1) is 0 Å². The highest BCUT2D eigenvalue weighted by Crippen LogP contribution is 2.24. The number of aromatic nitrogens is 1. The molecule has 1 aromatic heterocycles. The van der Waals surface area contributed by atoms with Gasteiger partial charge in [0, 0.05) is 30.0 Å². The summed E-state index contributed by atoms with van der Waals surface area (Å²) in [4.78, 5) is 23.4. The first kappa shape index (κ1) is 36.5. The maximum Gasteiger partial charge on any atom is 0.171 e. The Morgan fingerprint density at radius 2 is 1.16 bits per heavy atom. The number of aryl methyl sites for hydroxylation is 2. The highest BCUT2D eigenvalue weighted by Gasteiger charge is 2.14. The summed E-state index contributed by atoms with van der Waals surface area (Å²) in [5.74, 6) is -2.17. The van der Waals surface area contributed by atoms with Crippen LogP contribution >= 0.6 is 0 Å². The molecule has 0 amide bonds. The van der Waals surface area contributed by atoms with Gasteiger partial charge >= 0.3 is 0 Å². The van der Waals surface area contributed by atoms with Crippen LogP contribution in [0.4, 0.5) is 0 Å². The van der Waals surface area contributed by atoms with Crippen molar-refractivity contribution in [3.8, 4) is 5.75 Å². The fourth-order valence-corrected chi connectivity index (χ4v) is 5.92. The molecule has 0 radical (unpaired) electrons. The Balaban J connectivity index is 1.43. The predicted molar refractivity (Wildman–Crippen MR) is 174 cm³/mol. The highest BCUT2D eigenvalue weighted by atomic mass is 16.4. The van der Waals surface area contributed by atoms with Gasteiger partial charge < -0.3 is 15.0 Å². The number of hydrogen-bond acceptors (Lipinski definition) is 4. The van der Waals surface area contributed by atoms with Crippen molar-refractivity contribution in [3.63, 3.8) is 0 Å². The average Bonchev–Trinajstić information content (AvgIpc) is 3.00. The van der Waals surface area contributed by atoms with Crippen molar-refractivity contribution in [2.75, 3.05) is 0 Å². The van der Waals surface area contributed by atoms with Crippen LogP contribution in [0.25, 0.3) is 0 Å². The van der Waals surface area contributed by atoms with Gasteiger partial charge in [-0.3, -0.25) is 4.79 Å². The number of benzene rings is 1. The number of rotatable bonds is 27. The van der Waals surface area contributed by atoms with E-state index >= 15 is 0 Å². The zero-order valence-electron chi connectivity index (χ0n) is 27.1. The number of carbonyl (C=O) groups is 2. The number of nitrogens with zero attached hydrogens (tertiary/aromatic N) is 1. The van der Waals surface area contributed by atoms with Gasteiger partial charge in [0.1, 0.15) is 12.3 Å². The Labute approximate surface area is 262 Å². The molecule has 0 saturated heterocycles. The first-order valence-electron chi connectivity index (χ1n) is 17.6. The summed E-state index contributed by atoms with van der Waals surface area (Å²) < 4.78 is 2.37. The lowest BCUT2D eigenvalue weighted by molar-refractivity contribution is -0.697. The second-order valence-corrected chi connectivity index (χ2v) is 12.4. The monoisotopic (exact) mass is 593 g/mol. The number of para-hydroxylation sites is 1. The molecule has 0 spiro atoms. The number of ketones is 1. The number of unbranched alkanes of at least 4 members (excludes halogenated alkanes) is 19. The number of aromatic hydroxyl groups is 1. The first-order valence-corrected chi connectivity index (χ1v) is 17.6. The molecule has 0 aliphatic heterocycles. The normalized spacial score (nSPS) is 11.2. The Kier molecular flexibility index (Phi) is 20.1. The minimum atomic E-state index is -1.47. The number of aromatic carboxylic acids is 1. The molecule has 0 unspecified atom stereocenters. The second-order valence-electron chi connectivity index (χ2n) is 12.4. The predicted octanol–water partition coefficient (Wildman–Crippen LogP) is 9.07. The third-order valence-electron chi connectivity index (χ3n) is 8.61. The minimum absolute atomic E-state index is 0.0727. The lowest BCUT2D eigenvalue weighted by Gasteiger charge is -2.09. The molecule has 5 heteroatoms. The molecule has 1 aromatic carbocycles. The number of carbonyl (C=O) groups excluding carboxylic acids is 2. The van der Waals surface area contributed by atoms with Gasteiger partial charge in [-0.25, -0.2) is 4.57 Å². The van der Waals surface area contributed by atoms with Crippen molar-refractivity contribution in [1.29, 1.82) is 0 Å². The van der Waals surface area contributed by atoms with E-state index in [1.54, 1.807) is 0 Å². The molecule has 2 aromatic rings. The summed E-state index contributed by atoms with van der Waals surface area (Å²) in [6.45, 7) is 3.41. The quantitative estimate of drug-likeness (QED) is 0.0636. The van der Waals surface area contributed by atoms with Gasteiger partial charge in [0.2, 0.25) is 0 Å². The van der Waals surface area contributed by atoms with Crippen LogP contribution in [0.2, 0.25) is 0 Å². The van der Waals surface area contributed by atoms with Crippen LogP contribution in [0, 0.1) is 0 Å². The van der Waals surface area contributed by atoms with Crippen LogP contribution in [-0.4, -0.2) is 16.9 Å². The zero-order chi connectivity index (χ0) is 31.0. The van der Waals surface area contributed by atoms with Crippen molar-refractivity contribution in [1.82, 2.24) is 0 Å². The number of carboxylic acid groups (broad SMARTS) is 1. The molecule has 0 bridgehead atoms. The minimum Gasteiger partial charge on any atom is -0.545 e. The Bertz CT molecular complexity index is 1030. The number of hydrogen-bond donors (Lipinski definition) is 1. The topological polar surface area (TPSA) is 81.3 Å². The molecular weight excluding hydrogens is 534 g/mol. The van der Waals surface area contributed by atoms with E-state index in [4.69, 9.17) is 0 Å². The summed E-state index contributed by atoms with van der Waals surface area (Å²) in [7, 11) is 0. The van der Waals surface area contributed by atoms with Crippen LogP contribution in [-0.2, 0) is 13.0 Å². The Morgan fingerprint density at radius 3 is 1.74 bits per heavy atom. The zero-order valence-corrected chi connectivity index (χ0v) is 27.1. The fourth-order valence-electron chi connectivity index (χ4n) is 5.92. The molecule has 2 rings (SSSR count). The van der Waals surface area contributed by atoms with Crippen molar-refractivity contribution in [2.24, 2.45) is 0 Å². The molecule has 0 aliphatic rings. The molecule has 240 valence electrons. The molecule has 0 saturated carbocycles. The van der Waals surface area contributed by atoms with E-state index in [1.807, 2.05) is 0 Å². The smallest absolute Gasteiger partial charge is 0.171 e. The Hall–Kier alpha value is -2.69. The lowest BCUT2D eigenvalue weighted by Crippen LogP contribution is -2.33. The highest BCUT2D eigenvalue weighted by molar-refractivity contribution is 6.02. The van der Waals surface area contributed by atoms with Crippen LogP contribution < -0.4 is 9.67 Å². The second kappa shape index (κ2) is 23.7. The van der Waals surface area contributed by atoms with E-state index in [0.29, 0.717) is 6.42 Å². The molecule has 0 fully saturated rings. The molecular formula is C38H59NO4. The van der Waals surface area contributed by atoms with Crippen LogP contribution in [0.5, 0.6) is 5.75 Å². The van der Waals surface area contributed by atoms with E-state index < -0.39 is 11.7 Å². The fraction of sp³-hybridized carbons (Fsp3) is 0.658. The van der Waals surface area contributed by atoms with Crippen LogP contribution in [0.15, 0.2) is 42.7 Å². The summed E-state index contributed by atoms with van der Waals surface area (Å²) in [5, 5.41) is 21.1. The van der Waals surface area contributed by atoms with Crippen molar-refractivity contribution in [3.05, 3.63) is 59.4 Å². The van der Waals surface area contributed by atoms with Gasteiger partial charge in [0.25, 0.3) is 0 Å². The maximum atomic E-state index is 12.4. The average molecular weight is 594 g/mol. The van der Waals surface area contributed by atoms with Crippen LogP contribution in [0.1, 0.15) is 174 Å². The van der Waals surface area contributed by atoms with Gasteiger partial charge in [-0.05, 0) is 43.9 Å². The van der Waals surface area contributed by atoms with E-state index in [0.717, 1.165) is 38.6 Å². The molecule has 1 N–H and O–H groups in total. The largest absolute Gasteiger partial charge is 0.545 e. The number of carboxylic acids is 1. The molecule has 1 heterocycles. The standard InChI is InChI=1S/C38H59NO4/c1-2-3-4-5-6-7-8-9-10-11-12-16-19-22-30-39-31-24-26-33(32-39)25-20-17-14-13-15-18-21-29-36(40)34-27-23-28-35(37(34)41)38(42)43/h23-24,26-28,31-32H,2-22,25,29-30H2,1H3,(H-,40,41,42,43). The summed E-state index contributed by atoms with van der Waals surface area (Å²) >= 11 is 0. The molecule has 0 aliphatic carbocycles. The molecule has 5 nitrogen and oxygen atoms in total. The van der Waals surface area contributed by atoms with E-state index in [2.05, 4.69) is 36.0 Å². The van der Waals surface area contributed by atoms with Gasteiger partial charge in [-0.1, -0.05) is 122 Å². The summed E-state index contributed by atoms with van der Waals surface area (Å²) in [6, 6.07) is 8.62. The van der Waals surface area contributed by atoms with E-state index in [-0.39, 0.29) is 16.9 Å². The van der Waals surface area contributed by atoms with Gasteiger partial charge in [0.15, 0.2) is 18.2 Å². The number of pyridine rings is 1. The maximum absolute atomic E-state index is 12.4. The summed E-state index contributed by atoms with van der Waals surface area (Å²) in [6.07, 6.45) is 33.1. The first-order chi connectivity index (χ1) is 21.0. The third-order valence-corrected chi connectivity index (χ3v) is 8.61. The number of phenols is 1. The third kappa shape index (κ3) is 16.7. The van der Waals surface area contributed by atoms with Crippen molar-refractivity contribution >= 4 is 11.8 Å². The van der Waals surface area contributed by atoms with Crippen molar-refractivity contribution < 1.29 is 24.4 Å². The van der Waals surface area contributed by atoms with Gasteiger partial charge in [-0.2, -0.15) is 0 Å². The molecule has 43 heavy (non-hydrogen) atoms.